The molecule has 1 saturated heterocycles. The van der Waals surface area contributed by atoms with Crippen LogP contribution in [0.4, 0.5) is 5.69 Å². The number of rotatable bonds is 3. The van der Waals surface area contributed by atoms with Crippen LogP contribution in [0.1, 0.15) is 23.8 Å². The fourth-order valence-electron chi connectivity index (χ4n) is 3.95. The van der Waals surface area contributed by atoms with E-state index in [1.807, 2.05) is 24.3 Å². The van der Waals surface area contributed by atoms with Crippen LogP contribution in [0.3, 0.4) is 0 Å². The maximum absolute atomic E-state index is 10.8. The van der Waals surface area contributed by atoms with E-state index in [0.717, 1.165) is 30.9 Å². The normalized spacial score (nSPS) is 20.6. The van der Waals surface area contributed by atoms with E-state index in [1.165, 1.54) is 0 Å². The molecule has 5 rings (SSSR count). The lowest BCUT2D eigenvalue weighted by Crippen LogP contribution is -2.49. The van der Waals surface area contributed by atoms with Gasteiger partial charge in [-0.15, -0.1) is 10.2 Å². The maximum atomic E-state index is 10.8. The third-order valence-corrected chi connectivity index (χ3v) is 5.65. The Balaban J connectivity index is 1.57. The number of phenols is 1. The molecule has 7 heteroatoms. The summed E-state index contributed by atoms with van der Waals surface area (Å²) in [5.74, 6) is 0.523. The number of nitrogens with one attached hydrogen (secondary N) is 1. The molecule has 0 bridgehead atoms. The number of piperazine rings is 1. The quantitative estimate of drug-likeness (QED) is 0.622. The van der Waals surface area contributed by atoms with E-state index in [4.69, 9.17) is 4.42 Å². The third-order valence-electron chi connectivity index (χ3n) is 5.65. The van der Waals surface area contributed by atoms with Gasteiger partial charge in [-0.3, -0.25) is 4.90 Å². The summed E-state index contributed by atoms with van der Waals surface area (Å²) in [7, 11) is 0. The van der Waals surface area contributed by atoms with E-state index in [-0.39, 0.29) is 11.5 Å². The smallest absolute Gasteiger partial charge is 0.172 e. The zero-order valence-corrected chi connectivity index (χ0v) is 16.1. The van der Waals surface area contributed by atoms with Gasteiger partial charge in [-0.05, 0) is 25.1 Å². The Labute approximate surface area is 168 Å². The molecule has 0 amide bonds. The molecule has 0 spiro atoms. The number of phenolic OH excluding ortho intramolecular Hbond substituents is 1. The van der Waals surface area contributed by atoms with Gasteiger partial charge < -0.3 is 19.9 Å². The fourth-order valence-corrected chi connectivity index (χ4v) is 3.95. The number of azo groups is 1. The van der Waals surface area contributed by atoms with Crippen LogP contribution in [0, 0.1) is 0 Å². The molecule has 0 aliphatic carbocycles. The number of fused-ring (bicyclic) bond motifs is 2. The summed E-state index contributed by atoms with van der Waals surface area (Å²) in [6.07, 6.45) is 1.69. The van der Waals surface area contributed by atoms with Crippen molar-refractivity contribution in [3.05, 3.63) is 53.3 Å². The zero-order valence-electron chi connectivity index (χ0n) is 16.1. The second kappa shape index (κ2) is 7.02. The standard InChI is InChI=1S/C22H22N4O3/c1-13-11-23-8-9-26(13)12-16-19(27)7-6-15-21(28)20(29-22(15)16)10-18-14-4-2-3-5-17(14)24-25-18/h2-7,10,13,23,27-28H,8-9,11-12H2,1H3/t13-/m0/s1. The summed E-state index contributed by atoms with van der Waals surface area (Å²) in [6.45, 7) is 5.41. The number of hydrogen-bond acceptors (Lipinski definition) is 7. The van der Waals surface area contributed by atoms with Crippen molar-refractivity contribution in [2.75, 3.05) is 19.6 Å². The molecular weight excluding hydrogens is 368 g/mol. The molecular formula is C22H22N4O3. The molecule has 1 aromatic heterocycles. The van der Waals surface area contributed by atoms with Gasteiger partial charge in [-0.2, -0.15) is 0 Å². The highest BCUT2D eigenvalue weighted by Gasteiger charge is 2.24. The number of furan rings is 1. The van der Waals surface area contributed by atoms with Gasteiger partial charge in [0, 0.05) is 43.9 Å². The van der Waals surface area contributed by atoms with Crippen molar-refractivity contribution < 1.29 is 14.6 Å². The average molecular weight is 390 g/mol. The lowest BCUT2D eigenvalue weighted by molar-refractivity contribution is 0.164. The van der Waals surface area contributed by atoms with Crippen LogP contribution < -0.4 is 5.32 Å². The minimum absolute atomic E-state index is 0.0432. The topological polar surface area (TPSA) is 93.6 Å². The zero-order chi connectivity index (χ0) is 20.0. The molecule has 7 nitrogen and oxygen atoms in total. The van der Waals surface area contributed by atoms with Crippen LogP contribution in [0.5, 0.6) is 11.5 Å². The number of aromatic hydroxyl groups is 2. The minimum atomic E-state index is 0.0432. The highest BCUT2D eigenvalue weighted by Crippen LogP contribution is 2.42. The largest absolute Gasteiger partial charge is 0.507 e. The monoisotopic (exact) mass is 390 g/mol. The van der Waals surface area contributed by atoms with Crippen molar-refractivity contribution in [2.45, 2.75) is 19.5 Å². The Morgan fingerprint density at radius 1 is 1.21 bits per heavy atom. The van der Waals surface area contributed by atoms with Gasteiger partial charge in [0.2, 0.25) is 0 Å². The van der Waals surface area contributed by atoms with Crippen molar-refractivity contribution in [1.29, 1.82) is 0 Å². The fraction of sp³-hybridized carbons (Fsp3) is 0.273. The Hall–Kier alpha value is -3.16. The van der Waals surface area contributed by atoms with Crippen molar-refractivity contribution in [1.82, 2.24) is 10.2 Å². The van der Waals surface area contributed by atoms with Gasteiger partial charge in [0.15, 0.2) is 11.5 Å². The van der Waals surface area contributed by atoms with Crippen LogP contribution >= 0.6 is 0 Å². The van der Waals surface area contributed by atoms with Crippen molar-refractivity contribution >= 4 is 28.4 Å². The van der Waals surface area contributed by atoms with Gasteiger partial charge in [0.1, 0.15) is 11.3 Å². The summed E-state index contributed by atoms with van der Waals surface area (Å²) in [5.41, 5.74) is 3.51. The molecule has 148 valence electrons. The molecule has 3 heterocycles. The minimum Gasteiger partial charge on any atom is -0.507 e. The Bertz CT molecular complexity index is 1150. The van der Waals surface area contributed by atoms with Crippen molar-refractivity contribution in [3.8, 4) is 11.5 Å². The van der Waals surface area contributed by atoms with E-state index < -0.39 is 0 Å². The predicted molar refractivity (Wildman–Crippen MR) is 111 cm³/mol. The van der Waals surface area contributed by atoms with Gasteiger partial charge in [0.05, 0.1) is 22.3 Å². The van der Waals surface area contributed by atoms with E-state index >= 15 is 0 Å². The van der Waals surface area contributed by atoms with E-state index in [9.17, 15) is 10.2 Å². The maximum Gasteiger partial charge on any atom is 0.172 e. The molecule has 29 heavy (non-hydrogen) atoms. The summed E-state index contributed by atoms with van der Waals surface area (Å²) in [4.78, 5) is 2.30. The molecule has 2 aromatic carbocycles. The first kappa shape index (κ1) is 17.9. The first-order valence-electron chi connectivity index (χ1n) is 9.75. The van der Waals surface area contributed by atoms with Crippen molar-refractivity contribution in [3.63, 3.8) is 0 Å². The first-order chi connectivity index (χ1) is 14.1. The predicted octanol–water partition coefficient (Wildman–Crippen LogP) is 4.23. The Kier molecular flexibility index (Phi) is 4.34. The second-order valence-electron chi connectivity index (χ2n) is 7.53. The molecule has 0 saturated carbocycles. The van der Waals surface area contributed by atoms with Gasteiger partial charge >= 0.3 is 0 Å². The lowest BCUT2D eigenvalue weighted by atomic mass is 10.1. The SMILES string of the molecule is C[C@H]1CNCCN1Cc1c(O)ccc2c(O)c(C=C3N=Nc4ccccc43)oc12. The summed E-state index contributed by atoms with van der Waals surface area (Å²) < 4.78 is 6.03. The Morgan fingerprint density at radius 3 is 2.93 bits per heavy atom. The van der Waals surface area contributed by atoms with Crippen LogP contribution in [0.25, 0.3) is 22.7 Å². The molecule has 1 fully saturated rings. The lowest BCUT2D eigenvalue weighted by Gasteiger charge is -2.33. The van der Waals surface area contributed by atoms with Gasteiger partial charge in [-0.25, -0.2) is 0 Å². The van der Waals surface area contributed by atoms with Crippen LogP contribution in [-0.4, -0.2) is 40.8 Å². The molecule has 1 atom stereocenters. The highest BCUT2D eigenvalue weighted by atomic mass is 16.4. The average Bonchev–Trinajstić information content (AvgIpc) is 3.28. The van der Waals surface area contributed by atoms with Crippen LogP contribution in [0.2, 0.25) is 0 Å². The summed E-state index contributed by atoms with van der Waals surface area (Å²) in [5, 5.41) is 33.6. The van der Waals surface area contributed by atoms with Crippen LogP contribution in [-0.2, 0) is 6.54 Å². The molecule has 2 aliphatic heterocycles. The first-order valence-corrected chi connectivity index (χ1v) is 9.75. The molecule has 0 unspecified atom stereocenters. The number of benzene rings is 2. The number of nitrogens with zero attached hydrogens (tertiary/aromatic N) is 3. The molecule has 0 radical (unpaired) electrons. The molecule has 3 N–H and O–H groups in total. The summed E-state index contributed by atoms with van der Waals surface area (Å²) in [6, 6.07) is 11.3. The van der Waals surface area contributed by atoms with E-state index in [2.05, 4.69) is 27.4 Å². The number of hydrogen-bond donors (Lipinski definition) is 3. The van der Waals surface area contributed by atoms with Crippen molar-refractivity contribution in [2.24, 2.45) is 10.2 Å². The van der Waals surface area contributed by atoms with Gasteiger partial charge in [-0.1, -0.05) is 18.2 Å². The molecule has 2 aliphatic rings. The Morgan fingerprint density at radius 2 is 2.07 bits per heavy atom. The molecule has 3 aromatic rings. The van der Waals surface area contributed by atoms with Gasteiger partial charge in [0.25, 0.3) is 0 Å². The summed E-state index contributed by atoms with van der Waals surface area (Å²) >= 11 is 0. The second-order valence-corrected chi connectivity index (χ2v) is 7.53. The van der Waals surface area contributed by atoms with E-state index in [1.54, 1.807) is 18.2 Å². The van der Waals surface area contributed by atoms with Crippen LogP contribution in [0.15, 0.2) is 51.0 Å². The van der Waals surface area contributed by atoms with E-state index in [0.29, 0.717) is 40.6 Å². The third kappa shape index (κ3) is 3.08. The highest BCUT2D eigenvalue weighted by molar-refractivity contribution is 5.95.